The lowest BCUT2D eigenvalue weighted by molar-refractivity contribution is 0.0760. The molecule has 14 heavy (non-hydrogen) atoms. The fraction of sp³-hybridized carbons (Fsp3) is 0.909. The monoisotopic (exact) mass is 199 g/mol. The summed E-state index contributed by atoms with van der Waals surface area (Å²) in [5.74, 6) is 0.508. The molecule has 0 N–H and O–H groups in total. The maximum Gasteiger partial charge on any atom is 0.234 e. The van der Waals surface area contributed by atoms with Gasteiger partial charge in [0.2, 0.25) is 6.08 Å². The molecule has 0 bridgehead atoms. The molecule has 0 aromatic heterocycles. The van der Waals surface area contributed by atoms with Gasteiger partial charge >= 0.3 is 0 Å². The fourth-order valence-electron chi connectivity index (χ4n) is 2.25. The van der Waals surface area contributed by atoms with Gasteiger partial charge in [-0.1, -0.05) is 6.42 Å². The van der Waals surface area contributed by atoms with Crippen LogP contribution in [0.4, 0.5) is 4.39 Å². The molecule has 0 amide bonds. The predicted molar refractivity (Wildman–Crippen MR) is 53.6 cm³/mol. The molecule has 1 aliphatic rings. The van der Waals surface area contributed by atoms with Crippen molar-refractivity contribution in [1.29, 1.82) is 0 Å². The van der Waals surface area contributed by atoms with Gasteiger partial charge in [0, 0.05) is 0 Å². The fourth-order valence-corrected chi connectivity index (χ4v) is 2.25. The van der Waals surface area contributed by atoms with Crippen LogP contribution < -0.4 is 0 Å². The predicted octanol–water partition coefficient (Wildman–Crippen LogP) is 2.88. The van der Waals surface area contributed by atoms with E-state index in [2.05, 4.69) is 4.99 Å². The van der Waals surface area contributed by atoms with Crippen LogP contribution in [0.1, 0.15) is 39.5 Å². The Hall–Kier alpha value is -0.690. The van der Waals surface area contributed by atoms with E-state index >= 15 is 0 Å². The minimum atomic E-state index is -1.09. The first-order valence-corrected chi connectivity index (χ1v) is 5.26. The lowest BCUT2D eigenvalue weighted by Gasteiger charge is -2.34. The van der Waals surface area contributed by atoms with E-state index in [-0.39, 0.29) is 5.92 Å². The van der Waals surface area contributed by atoms with Crippen LogP contribution in [-0.2, 0) is 4.79 Å². The van der Waals surface area contributed by atoms with Crippen LogP contribution in [0.3, 0.4) is 0 Å². The Kier molecular flexibility index (Phi) is 3.82. The number of hydrogen-bond donors (Lipinski definition) is 0. The Morgan fingerprint density at radius 2 is 2.21 bits per heavy atom. The molecule has 0 saturated heterocycles. The molecule has 0 radical (unpaired) electrons. The van der Waals surface area contributed by atoms with Gasteiger partial charge in [0.1, 0.15) is 5.67 Å². The summed E-state index contributed by atoms with van der Waals surface area (Å²) in [6.07, 6.45) is 5.49. The Balaban J connectivity index is 2.47. The Morgan fingerprint density at radius 1 is 1.50 bits per heavy atom. The summed E-state index contributed by atoms with van der Waals surface area (Å²) in [6, 6.07) is 0. The van der Waals surface area contributed by atoms with E-state index in [9.17, 15) is 9.18 Å². The van der Waals surface area contributed by atoms with Gasteiger partial charge in [-0.3, -0.25) is 0 Å². The zero-order valence-corrected chi connectivity index (χ0v) is 8.92. The van der Waals surface area contributed by atoms with Crippen molar-refractivity contribution in [3.8, 4) is 0 Å². The molecule has 80 valence electrons. The first-order chi connectivity index (χ1) is 6.54. The average Bonchev–Trinajstić information content (AvgIpc) is 2.14. The van der Waals surface area contributed by atoms with Crippen LogP contribution in [-0.4, -0.2) is 18.3 Å². The SMILES string of the molecule is CC(C)(F)C1CCCC(CN=C=O)C1. The quantitative estimate of drug-likeness (QED) is 0.507. The molecule has 2 atom stereocenters. The third-order valence-electron chi connectivity index (χ3n) is 3.17. The molecule has 1 aliphatic carbocycles. The van der Waals surface area contributed by atoms with Gasteiger partial charge in [0.25, 0.3) is 0 Å². The molecule has 2 nitrogen and oxygen atoms in total. The van der Waals surface area contributed by atoms with Gasteiger partial charge in [-0.15, -0.1) is 0 Å². The number of carbonyl (C=O) groups excluding carboxylic acids is 1. The number of isocyanates is 1. The van der Waals surface area contributed by atoms with Crippen LogP contribution in [0, 0.1) is 11.8 Å². The van der Waals surface area contributed by atoms with Crippen LogP contribution in [0.2, 0.25) is 0 Å². The van der Waals surface area contributed by atoms with Crippen molar-refractivity contribution in [2.75, 3.05) is 6.54 Å². The Morgan fingerprint density at radius 3 is 2.79 bits per heavy atom. The zero-order chi connectivity index (χ0) is 10.6. The summed E-state index contributed by atoms with van der Waals surface area (Å²) in [4.78, 5) is 13.5. The van der Waals surface area contributed by atoms with Crippen LogP contribution in [0.25, 0.3) is 0 Å². The number of aliphatic imine (C=N–C) groups is 1. The molecule has 0 aromatic carbocycles. The zero-order valence-electron chi connectivity index (χ0n) is 8.92. The third kappa shape index (κ3) is 3.22. The second-order valence-corrected chi connectivity index (χ2v) is 4.73. The summed E-state index contributed by atoms with van der Waals surface area (Å²) in [5, 5.41) is 0. The summed E-state index contributed by atoms with van der Waals surface area (Å²) in [6.45, 7) is 3.81. The number of halogens is 1. The van der Waals surface area contributed by atoms with Crippen molar-refractivity contribution >= 4 is 6.08 Å². The minimum Gasteiger partial charge on any atom is -0.244 e. The van der Waals surface area contributed by atoms with Gasteiger partial charge < -0.3 is 0 Å². The van der Waals surface area contributed by atoms with Gasteiger partial charge in [-0.2, -0.15) is 0 Å². The summed E-state index contributed by atoms with van der Waals surface area (Å²) in [7, 11) is 0. The molecular weight excluding hydrogens is 181 g/mol. The first-order valence-electron chi connectivity index (χ1n) is 5.26. The van der Waals surface area contributed by atoms with Crippen molar-refractivity contribution in [2.45, 2.75) is 45.2 Å². The maximum absolute atomic E-state index is 13.7. The molecular formula is C11H18FNO. The highest BCUT2D eigenvalue weighted by molar-refractivity contribution is 5.32. The molecule has 1 fully saturated rings. The maximum atomic E-state index is 13.7. The molecule has 0 aromatic rings. The first kappa shape index (κ1) is 11.4. The van der Waals surface area contributed by atoms with Gasteiger partial charge in [0.05, 0.1) is 6.54 Å². The largest absolute Gasteiger partial charge is 0.244 e. The highest BCUT2D eigenvalue weighted by atomic mass is 19.1. The van der Waals surface area contributed by atoms with Crippen molar-refractivity contribution in [1.82, 2.24) is 0 Å². The van der Waals surface area contributed by atoms with Gasteiger partial charge in [-0.25, -0.2) is 14.2 Å². The number of hydrogen-bond acceptors (Lipinski definition) is 2. The number of alkyl halides is 1. The van der Waals surface area contributed by atoms with E-state index in [4.69, 9.17) is 0 Å². The van der Waals surface area contributed by atoms with Crippen LogP contribution in [0.15, 0.2) is 4.99 Å². The number of nitrogens with zero attached hydrogens (tertiary/aromatic N) is 1. The molecule has 0 aliphatic heterocycles. The Bertz CT molecular complexity index is 228. The summed E-state index contributed by atoms with van der Waals surface area (Å²) < 4.78 is 13.7. The van der Waals surface area contributed by atoms with Crippen molar-refractivity contribution in [3.63, 3.8) is 0 Å². The van der Waals surface area contributed by atoms with Crippen molar-refractivity contribution in [3.05, 3.63) is 0 Å². The number of rotatable bonds is 3. The second-order valence-electron chi connectivity index (χ2n) is 4.73. The molecule has 1 saturated carbocycles. The van der Waals surface area contributed by atoms with E-state index in [1.165, 1.54) is 0 Å². The topological polar surface area (TPSA) is 29.4 Å². The smallest absolute Gasteiger partial charge is 0.234 e. The van der Waals surface area contributed by atoms with Gasteiger partial charge in [-0.05, 0) is 44.9 Å². The molecule has 3 heteroatoms. The van der Waals surface area contributed by atoms with E-state index in [1.807, 2.05) is 0 Å². The van der Waals surface area contributed by atoms with Crippen molar-refractivity contribution in [2.24, 2.45) is 16.8 Å². The van der Waals surface area contributed by atoms with E-state index in [0.29, 0.717) is 12.5 Å². The van der Waals surface area contributed by atoms with E-state index in [1.54, 1.807) is 19.9 Å². The lowest BCUT2D eigenvalue weighted by Crippen LogP contribution is -2.31. The standard InChI is InChI=1S/C11H18FNO/c1-11(2,12)10-5-3-4-9(6-10)7-13-8-14/h9-10H,3-7H2,1-2H3. The summed E-state index contributed by atoms with van der Waals surface area (Å²) in [5.41, 5.74) is -1.09. The average molecular weight is 199 g/mol. The molecule has 0 spiro atoms. The molecule has 1 rings (SSSR count). The Labute approximate surface area is 84.6 Å². The van der Waals surface area contributed by atoms with Crippen LogP contribution in [0.5, 0.6) is 0 Å². The summed E-state index contributed by atoms with van der Waals surface area (Å²) >= 11 is 0. The normalized spacial score (nSPS) is 28.2. The highest BCUT2D eigenvalue weighted by Gasteiger charge is 2.33. The van der Waals surface area contributed by atoms with Crippen LogP contribution >= 0.6 is 0 Å². The van der Waals surface area contributed by atoms with Crippen molar-refractivity contribution < 1.29 is 9.18 Å². The molecule has 0 heterocycles. The van der Waals surface area contributed by atoms with Gasteiger partial charge in [0.15, 0.2) is 0 Å². The third-order valence-corrected chi connectivity index (χ3v) is 3.17. The van der Waals surface area contributed by atoms with E-state index in [0.717, 1.165) is 25.7 Å². The molecule has 2 unspecified atom stereocenters. The van der Waals surface area contributed by atoms with E-state index < -0.39 is 5.67 Å². The lowest BCUT2D eigenvalue weighted by atomic mass is 9.75. The highest BCUT2D eigenvalue weighted by Crippen LogP contribution is 2.37. The minimum absolute atomic E-state index is 0.128. The second kappa shape index (κ2) is 4.70.